The number of hydrogen-bond acceptors (Lipinski definition) is 15. The quantitative estimate of drug-likeness (QED) is 0.0652. The first-order valence-electron chi connectivity index (χ1n) is 22.6. The first kappa shape index (κ1) is 56.7. The van der Waals surface area contributed by atoms with Gasteiger partial charge in [-0.25, -0.2) is 0 Å². The first-order valence-corrected chi connectivity index (χ1v) is 25.1. The summed E-state index contributed by atoms with van der Waals surface area (Å²) in [5.41, 5.74) is 17.0. The average Bonchev–Trinajstić information content (AvgIpc) is 3.79. The number of hydrogen-bond donors (Lipinski definition) is 11. The van der Waals surface area contributed by atoms with E-state index in [4.69, 9.17) is 21.9 Å². The number of aliphatic hydroxyl groups is 1. The number of amides is 10. The molecule has 378 valence electrons. The Hall–Kier alpha value is -5.66. The molecule has 0 aliphatic carbocycles. The summed E-state index contributed by atoms with van der Waals surface area (Å²) in [4.78, 5) is 135. The van der Waals surface area contributed by atoms with Gasteiger partial charge in [-0.05, 0) is 69.7 Å². The molecule has 0 aromatic heterocycles. The topological polar surface area (TPSA) is 366 Å². The molecule has 23 nitrogen and oxygen atoms in total. The number of rotatable bonds is 18. The third-order valence-electron chi connectivity index (χ3n) is 11.2. The van der Waals surface area contributed by atoms with Gasteiger partial charge < -0.3 is 69.2 Å². The van der Waals surface area contributed by atoms with Crippen molar-refractivity contribution in [1.82, 2.24) is 42.1 Å². The van der Waals surface area contributed by atoms with E-state index in [2.05, 4.69) is 37.2 Å². The number of ether oxygens (including phenoxy) is 1. The summed E-state index contributed by atoms with van der Waals surface area (Å²) in [5, 5.41) is 28.7. The first-order chi connectivity index (χ1) is 32.3. The predicted octanol–water partition coefficient (Wildman–Crippen LogP) is -3.04. The average molecular weight is 994 g/mol. The van der Waals surface area contributed by atoms with Crippen molar-refractivity contribution in [3.05, 3.63) is 29.8 Å². The summed E-state index contributed by atoms with van der Waals surface area (Å²) in [6.07, 6.45) is -1.05. The van der Waals surface area contributed by atoms with Gasteiger partial charge in [-0.3, -0.25) is 47.9 Å². The van der Waals surface area contributed by atoms with Gasteiger partial charge in [0, 0.05) is 30.9 Å². The standard InChI is InChI=1S/C43H67N11O12S2/c1-5-23(3)35-41(63)53-36(24(4)55)42(64)50-29(20-32(45)56)38(60)51-30(43(65)54-17-8-10-31(54)40(62)49-27(9-7-16-44)37(59)47-21-33(46)57)22-68-67-18-15-34(58)48-28(39(61)52-35)19-25-11-13-26(14-12-25)66-6-2/h11-14,23-24,27-31,35-36,55H,5-10,15-22,44H2,1-4H3,(H2,45,56)(H2,46,57)(H,47,59)(H,48,58)(H,49,62)(H,50,64)(H,51,60)(H,52,61)(H,53,63)/t23-,24+,27-,28+,29-,30-,31-,35-,36+/m0/s1. The zero-order chi connectivity index (χ0) is 50.5. The molecule has 1 aromatic carbocycles. The molecule has 10 amide bonds. The minimum atomic E-state index is -1.74. The van der Waals surface area contributed by atoms with E-state index in [9.17, 15) is 53.1 Å². The van der Waals surface area contributed by atoms with E-state index < -0.39 is 126 Å². The maximum atomic E-state index is 14.4. The van der Waals surface area contributed by atoms with Gasteiger partial charge in [-0.15, -0.1) is 0 Å². The van der Waals surface area contributed by atoms with Crippen LogP contribution in [-0.4, -0.2) is 155 Å². The lowest BCUT2D eigenvalue weighted by Crippen LogP contribution is -2.63. The second-order valence-electron chi connectivity index (χ2n) is 16.5. The second kappa shape index (κ2) is 28.6. The molecule has 2 fully saturated rings. The lowest BCUT2D eigenvalue weighted by Gasteiger charge is -2.31. The van der Waals surface area contributed by atoms with Crippen LogP contribution < -0.4 is 59.2 Å². The molecule has 25 heteroatoms. The summed E-state index contributed by atoms with van der Waals surface area (Å²) < 4.78 is 5.53. The van der Waals surface area contributed by atoms with Crippen molar-refractivity contribution in [2.24, 2.45) is 23.1 Å². The van der Waals surface area contributed by atoms with Crippen molar-refractivity contribution in [2.45, 2.75) is 127 Å². The van der Waals surface area contributed by atoms with Crippen molar-refractivity contribution in [3.8, 4) is 5.75 Å². The van der Waals surface area contributed by atoms with Crippen molar-refractivity contribution >= 4 is 80.7 Å². The monoisotopic (exact) mass is 993 g/mol. The van der Waals surface area contributed by atoms with Gasteiger partial charge in [0.25, 0.3) is 0 Å². The Morgan fingerprint density at radius 1 is 0.868 bits per heavy atom. The fraction of sp³-hybridized carbons (Fsp3) is 0.628. The molecule has 2 aliphatic heterocycles. The lowest BCUT2D eigenvalue weighted by molar-refractivity contribution is -0.142. The summed E-state index contributed by atoms with van der Waals surface area (Å²) in [6, 6.07) is -2.62. The minimum Gasteiger partial charge on any atom is -0.494 e. The number of nitrogens with two attached hydrogens (primary N) is 3. The fourth-order valence-corrected chi connectivity index (χ4v) is 9.44. The summed E-state index contributed by atoms with van der Waals surface area (Å²) in [5.74, 6) is -8.07. The van der Waals surface area contributed by atoms with Crippen LogP contribution in [0.5, 0.6) is 5.75 Å². The normalized spacial score (nSPS) is 23.8. The van der Waals surface area contributed by atoms with Gasteiger partial charge >= 0.3 is 0 Å². The number of nitrogens with one attached hydrogen (secondary N) is 7. The van der Waals surface area contributed by atoms with Gasteiger partial charge in [0.05, 0.1) is 25.7 Å². The van der Waals surface area contributed by atoms with Crippen LogP contribution in [0.25, 0.3) is 0 Å². The predicted molar refractivity (Wildman–Crippen MR) is 253 cm³/mol. The van der Waals surface area contributed by atoms with Gasteiger partial charge in [0.2, 0.25) is 59.1 Å². The Balaban J connectivity index is 1.99. The van der Waals surface area contributed by atoms with Gasteiger partial charge in [0.1, 0.15) is 48.0 Å². The summed E-state index contributed by atoms with van der Waals surface area (Å²) in [7, 11) is 2.27. The van der Waals surface area contributed by atoms with Crippen molar-refractivity contribution < 1.29 is 57.8 Å². The number of carbonyl (C=O) groups is 10. The van der Waals surface area contributed by atoms with Gasteiger partial charge in [-0.2, -0.15) is 0 Å². The number of benzene rings is 1. The second-order valence-corrected chi connectivity index (χ2v) is 19.1. The van der Waals surface area contributed by atoms with Crippen LogP contribution in [0.4, 0.5) is 0 Å². The zero-order valence-electron chi connectivity index (χ0n) is 38.8. The van der Waals surface area contributed by atoms with E-state index in [1.807, 2.05) is 6.92 Å². The number of likely N-dealkylation sites (tertiary alicyclic amines) is 1. The van der Waals surface area contributed by atoms with Crippen LogP contribution >= 0.6 is 21.6 Å². The van der Waals surface area contributed by atoms with E-state index in [1.165, 1.54) is 22.6 Å². The fourth-order valence-electron chi connectivity index (χ4n) is 7.29. The summed E-state index contributed by atoms with van der Waals surface area (Å²) in [6.45, 7) is 6.72. The molecule has 9 atom stereocenters. The molecular weight excluding hydrogens is 927 g/mol. The van der Waals surface area contributed by atoms with Crippen LogP contribution in [0.15, 0.2) is 24.3 Å². The Morgan fingerprint density at radius 3 is 2.15 bits per heavy atom. The molecule has 3 rings (SSSR count). The summed E-state index contributed by atoms with van der Waals surface area (Å²) >= 11 is 0. The Kier molecular flexibility index (Phi) is 23.8. The third kappa shape index (κ3) is 18.1. The Bertz CT molecular complexity index is 1950. The van der Waals surface area contributed by atoms with E-state index >= 15 is 0 Å². The maximum absolute atomic E-state index is 14.4. The largest absolute Gasteiger partial charge is 0.494 e. The molecule has 2 aliphatic rings. The highest BCUT2D eigenvalue weighted by Gasteiger charge is 2.41. The van der Waals surface area contributed by atoms with Crippen molar-refractivity contribution in [1.29, 1.82) is 0 Å². The molecule has 0 spiro atoms. The van der Waals surface area contributed by atoms with E-state index in [1.54, 1.807) is 38.1 Å². The van der Waals surface area contributed by atoms with Crippen molar-refractivity contribution in [2.75, 3.05) is 37.7 Å². The molecule has 0 radical (unpaired) electrons. The van der Waals surface area contributed by atoms with Crippen LogP contribution in [0.3, 0.4) is 0 Å². The molecule has 2 saturated heterocycles. The number of aliphatic hydroxyl groups excluding tert-OH is 1. The van der Waals surface area contributed by atoms with Gasteiger partial charge in [0.15, 0.2) is 0 Å². The Labute approximate surface area is 403 Å². The molecule has 0 unspecified atom stereocenters. The minimum absolute atomic E-state index is 0.0243. The Morgan fingerprint density at radius 2 is 1.53 bits per heavy atom. The van der Waals surface area contributed by atoms with Crippen LogP contribution in [0, 0.1) is 5.92 Å². The molecule has 1 aromatic rings. The smallest absolute Gasteiger partial charge is 0.246 e. The molecule has 68 heavy (non-hydrogen) atoms. The number of carbonyl (C=O) groups excluding carboxylic acids is 10. The van der Waals surface area contributed by atoms with Crippen LogP contribution in [0.2, 0.25) is 0 Å². The SMILES string of the molecule is CCOc1ccc(C[C@H]2NC(=O)CCSSC[C@@H](C(=O)N3CCC[C@H]3C(=O)N[C@@H](CCCN)C(=O)NCC(N)=O)NC(=O)[C@H](CC(N)=O)NC(=O)[C@@H]([C@@H](C)O)NC(=O)[C@H]([C@@H](C)CC)NC2=O)cc1. The lowest BCUT2D eigenvalue weighted by atomic mass is 9.96. The third-order valence-corrected chi connectivity index (χ3v) is 13.6. The van der Waals surface area contributed by atoms with Crippen molar-refractivity contribution in [3.63, 3.8) is 0 Å². The molecule has 14 N–H and O–H groups in total. The van der Waals surface area contributed by atoms with E-state index in [0.29, 0.717) is 37.2 Å². The maximum Gasteiger partial charge on any atom is 0.246 e. The molecule has 0 saturated carbocycles. The highest BCUT2D eigenvalue weighted by atomic mass is 33.1. The van der Waals surface area contributed by atoms with Gasteiger partial charge in [-0.1, -0.05) is 54.0 Å². The highest BCUT2D eigenvalue weighted by molar-refractivity contribution is 8.76. The number of primary amides is 2. The molecular formula is C43H67N11O12S2. The van der Waals surface area contributed by atoms with E-state index in [0.717, 1.165) is 10.8 Å². The molecule has 2 heterocycles. The van der Waals surface area contributed by atoms with Crippen LogP contribution in [0.1, 0.15) is 78.2 Å². The number of nitrogens with zero attached hydrogens (tertiary/aromatic N) is 1. The highest BCUT2D eigenvalue weighted by Crippen LogP contribution is 2.26. The van der Waals surface area contributed by atoms with Crippen LogP contribution in [-0.2, 0) is 54.4 Å². The van der Waals surface area contributed by atoms with E-state index in [-0.39, 0.29) is 50.3 Å². The molecule has 0 bridgehead atoms. The zero-order valence-corrected chi connectivity index (χ0v) is 40.5.